The third-order valence-electron chi connectivity index (χ3n) is 8.88. The minimum Gasteiger partial charge on any atom is -0.489 e. The van der Waals surface area contributed by atoms with E-state index in [1.54, 1.807) is 6.20 Å². The van der Waals surface area contributed by atoms with E-state index >= 15 is 0 Å². The van der Waals surface area contributed by atoms with Crippen LogP contribution in [0.1, 0.15) is 47.9 Å². The molecule has 1 unspecified atom stereocenters. The van der Waals surface area contributed by atoms with E-state index in [0.29, 0.717) is 31.8 Å². The Hall–Kier alpha value is -3.57. The molecule has 46 heavy (non-hydrogen) atoms. The Morgan fingerprint density at radius 1 is 1.07 bits per heavy atom. The zero-order valence-corrected chi connectivity index (χ0v) is 26.6. The predicted octanol–water partition coefficient (Wildman–Crippen LogP) is 4.98. The number of aliphatic hydroxyl groups is 1. The summed E-state index contributed by atoms with van der Waals surface area (Å²) in [6.45, 7) is 4.18. The number of hydrogen-bond acceptors (Lipinski definition) is 7. The van der Waals surface area contributed by atoms with Crippen LogP contribution in [0.15, 0.2) is 54.2 Å². The maximum absolute atomic E-state index is 14.5. The van der Waals surface area contributed by atoms with Crippen molar-refractivity contribution >= 4 is 23.1 Å². The van der Waals surface area contributed by atoms with E-state index < -0.39 is 11.6 Å². The summed E-state index contributed by atoms with van der Waals surface area (Å²) < 4.78 is 38.8. The second kappa shape index (κ2) is 14.5. The highest BCUT2D eigenvalue weighted by atomic mass is 35.5. The van der Waals surface area contributed by atoms with Crippen LogP contribution in [0.25, 0.3) is 5.57 Å². The molecule has 0 spiro atoms. The van der Waals surface area contributed by atoms with Crippen LogP contribution in [0.2, 0.25) is 5.02 Å². The maximum atomic E-state index is 14.5. The van der Waals surface area contributed by atoms with Crippen LogP contribution in [0, 0.1) is 18.6 Å². The fourth-order valence-corrected chi connectivity index (χ4v) is 6.52. The number of benzene rings is 2. The number of halogens is 3. The van der Waals surface area contributed by atoms with E-state index in [-0.39, 0.29) is 54.6 Å². The highest BCUT2D eigenvalue weighted by molar-refractivity contribution is 6.32. The molecule has 0 radical (unpaired) electrons. The van der Waals surface area contributed by atoms with E-state index in [9.17, 15) is 18.7 Å². The fraction of sp³-hybridized carbons (Fsp3) is 0.429. The summed E-state index contributed by atoms with van der Waals surface area (Å²) in [5.74, 6) is -1.14. The average Bonchev–Trinajstić information content (AvgIpc) is 3.91. The number of aliphatic hydroxyl groups excluding tert-OH is 1. The number of piperazine rings is 1. The van der Waals surface area contributed by atoms with Crippen molar-refractivity contribution in [2.75, 3.05) is 32.9 Å². The van der Waals surface area contributed by atoms with Crippen LogP contribution in [0.5, 0.6) is 11.6 Å². The van der Waals surface area contributed by atoms with Gasteiger partial charge in [0.15, 0.2) is 11.6 Å². The molecule has 3 N–H and O–H groups in total. The molecule has 2 fully saturated rings. The molecule has 3 heterocycles. The molecular formula is C35H39ClF2N4O4. The van der Waals surface area contributed by atoms with Crippen LogP contribution >= 0.6 is 11.6 Å². The number of fused-ring (bicyclic) bond motifs is 2. The van der Waals surface area contributed by atoms with Crippen LogP contribution in [0.4, 0.5) is 8.78 Å². The van der Waals surface area contributed by atoms with Crippen molar-refractivity contribution in [3.05, 3.63) is 93.1 Å². The van der Waals surface area contributed by atoms with Gasteiger partial charge < -0.3 is 30.1 Å². The van der Waals surface area contributed by atoms with Crippen LogP contribution < -0.4 is 20.1 Å². The topological polar surface area (TPSA) is 96.0 Å². The van der Waals surface area contributed by atoms with E-state index in [2.05, 4.69) is 39.9 Å². The van der Waals surface area contributed by atoms with Crippen molar-refractivity contribution in [2.24, 2.45) is 0 Å². The Labute approximate surface area is 272 Å². The highest BCUT2D eigenvalue weighted by Crippen LogP contribution is 2.37. The molecule has 2 atom stereocenters. The fourth-order valence-electron chi connectivity index (χ4n) is 6.31. The summed E-state index contributed by atoms with van der Waals surface area (Å²) in [5, 5.41) is 16.0. The SMILES string of the molecule is Cc1c(CN(C(=O)C2=C(c3ccc(CCCOc4c(F)ccc(F)c4Cl)cc3)CC3CNC[C@H]2N3)C2CC2)ccnc1OCCO. The third-order valence-corrected chi connectivity index (χ3v) is 9.23. The lowest BCUT2D eigenvalue weighted by Gasteiger charge is -2.41. The number of amides is 1. The first-order valence-electron chi connectivity index (χ1n) is 15.9. The van der Waals surface area contributed by atoms with Gasteiger partial charge in [-0.15, -0.1) is 0 Å². The smallest absolute Gasteiger partial charge is 0.252 e. The molecule has 1 saturated heterocycles. The standard InChI is InChI=1S/C35H39ClF2N4O4/c1-21-24(12-13-40-34(21)46-16-14-43)20-42(26-8-9-26)35(44)31-27(17-25-18-39-19-30(31)41-25)23-6-4-22(5-7-23)3-2-15-45-33-29(38)11-10-28(37)32(33)36/h4-7,10-13,25-26,30,39,41,43H,2-3,8-9,14-20H2,1H3/t25?,30-/m1/s1. The zero-order valence-electron chi connectivity index (χ0n) is 25.8. The molecule has 1 saturated carbocycles. The van der Waals surface area contributed by atoms with Gasteiger partial charge in [-0.25, -0.2) is 13.8 Å². The summed E-state index contributed by atoms with van der Waals surface area (Å²) in [6.07, 6.45) is 5.65. The van der Waals surface area contributed by atoms with Crippen molar-refractivity contribution in [1.29, 1.82) is 0 Å². The van der Waals surface area contributed by atoms with Crippen molar-refractivity contribution in [3.8, 4) is 11.6 Å². The summed E-state index contributed by atoms with van der Waals surface area (Å²) >= 11 is 5.87. The first-order valence-corrected chi connectivity index (χ1v) is 16.3. The van der Waals surface area contributed by atoms with Gasteiger partial charge >= 0.3 is 0 Å². The Morgan fingerprint density at radius 3 is 2.61 bits per heavy atom. The minimum atomic E-state index is -0.718. The average molecular weight is 653 g/mol. The van der Waals surface area contributed by atoms with Crippen molar-refractivity contribution in [1.82, 2.24) is 20.5 Å². The number of hydrogen-bond donors (Lipinski definition) is 3. The first kappa shape index (κ1) is 32.4. The molecule has 1 aliphatic carbocycles. The molecule has 11 heteroatoms. The molecule has 6 rings (SSSR count). The molecule has 244 valence electrons. The maximum Gasteiger partial charge on any atom is 0.252 e. The van der Waals surface area contributed by atoms with E-state index in [0.717, 1.165) is 71.3 Å². The quantitative estimate of drug-likeness (QED) is 0.177. The Morgan fingerprint density at radius 2 is 1.85 bits per heavy atom. The Kier molecular flexibility index (Phi) is 10.2. The largest absolute Gasteiger partial charge is 0.489 e. The van der Waals surface area contributed by atoms with Crippen LogP contribution in [-0.2, 0) is 17.8 Å². The van der Waals surface area contributed by atoms with Gasteiger partial charge in [0.1, 0.15) is 17.4 Å². The second-order valence-corrected chi connectivity index (χ2v) is 12.5. The number of ether oxygens (including phenoxy) is 2. The van der Waals surface area contributed by atoms with Gasteiger partial charge in [-0.2, -0.15) is 0 Å². The lowest BCUT2D eigenvalue weighted by Crippen LogP contribution is -2.60. The normalized spacial score (nSPS) is 19.2. The highest BCUT2D eigenvalue weighted by Gasteiger charge is 2.41. The summed E-state index contributed by atoms with van der Waals surface area (Å²) in [6, 6.07) is 12.5. The Balaban J connectivity index is 1.20. The molecule has 2 bridgehead atoms. The lowest BCUT2D eigenvalue weighted by molar-refractivity contribution is -0.128. The summed E-state index contributed by atoms with van der Waals surface area (Å²) in [5.41, 5.74) is 5.85. The van der Waals surface area contributed by atoms with Gasteiger partial charge in [-0.05, 0) is 79.5 Å². The number of aryl methyl sites for hydroxylation is 1. The third kappa shape index (κ3) is 7.20. The molecule has 2 aliphatic heterocycles. The molecule has 2 aromatic carbocycles. The number of carbonyl (C=O) groups is 1. The lowest BCUT2D eigenvalue weighted by atomic mass is 9.83. The number of pyridine rings is 1. The van der Waals surface area contributed by atoms with Gasteiger partial charge in [-0.1, -0.05) is 35.9 Å². The second-order valence-electron chi connectivity index (χ2n) is 12.1. The zero-order chi connectivity index (χ0) is 32.2. The molecule has 3 aliphatic rings. The van der Waals surface area contributed by atoms with Gasteiger partial charge in [-0.3, -0.25) is 4.79 Å². The van der Waals surface area contributed by atoms with Crippen molar-refractivity contribution in [2.45, 2.75) is 63.7 Å². The monoisotopic (exact) mass is 652 g/mol. The summed E-state index contributed by atoms with van der Waals surface area (Å²) in [4.78, 5) is 20.8. The van der Waals surface area contributed by atoms with E-state index in [4.69, 9.17) is 21.1 Å². The molecule has 8 nitrogen and oxygen atoms in total. The van der Waals surface area contributed by atoms with Gasteiger partial charge in [0.25, 0.3) is 5.91 Å². The molecule has 3 aromatic rings. The molecule has 1 aromatic heterocycles. The van der Waals surface area contributed by atoms with Crippen molar-refractivity contribution < 1.29 is 28.2 Å². The number of nitrogens with zero attached hydrogens (tertiary/aromatic N) is 2. The minimum absolute atomic E-state index is 0.0515. The van der Waals surface area contributed by atoms with E-state index in [1.807, 2.05) is 17.9 Å². The van der Waals surface area contributed by atoms with Crippen LogP contribution in [0.3, 0.4) is 0 Å². The van der Waals surface area contributed by atoms with Crippen LogP contribution in [-0.4, -0.2) is 71.9 Å². The number of aromatic nitrogens is 1. The molecule has 1 amide bonds. The number of carbonyl (C=O) groups excluding carboxylic acids is 1. The first-order chi connectivity index (χ1) is 22.3. The van der Waals surface area contributed by atoms with Gasteiger partial charge in [0, 0.05) is 49.1 Å². The van der Waals surface area contributed by atoms with Gasteiger partial charge in [0.05, 0.1) is 19.3 Å². The van der Waals surface area contributed by atoms with Gasteiger partial charge in [0.2, 0.25) is 5.88 Å². The summed E-state index contributed by atoms with van der Waals surface area (Å²) in [7, 11) is 0. The molecular weight excluding hydrogens is 614 g/mol. The Bertz CT molecular complexity index is 1600. The predicted molar refractivity (Wildman–Crippen MR) is 172 cm³/mol. The van der Waals surface area contributed by atoms with E-state index in [1.165, 1.54) is 0 Å². The number of nitrogens with one attached hydrogen (secondary N) is 2. The van der Waals surface area contributed by atoms with Crippen molar-refractivity contribution in [3.63, 3.8) is 0 Å². The number of rotatable bonds is 13.